The zero-order valence-electron chi connectivity index (χ0n) is 9.27. The number of aromatic nitrogens is 1. The Labute approximate surface area is 128 Å². The summed E-state index contributed by atoms with van der Waals surface area (Å²) >= 11 is 21.4. The second-order valence-corrected chi connectivity index (χ2v) is 5.80. The minimum Gasteiger partial charge on any atom is -0.338 e. The van der Waals surface area contributed by atoms with Crippen LogP contribution in [0.2, 0.25) is 15.1 Å². The summed E-state index contributed by atoms with van der Waals surface area (Å²) in [5.74, 6) is 0.626. The molecule has 0 aliphatic rings. The van der Waals surface area contributed by atoms with Crippen LogP contribution in [0, 0.1) is 6.92 Å². The number of benzene rings is 1. The Bertz CT molecular complexity index is 602. The van der Waals surface area contributed by atoms with Crippen LogP contribution in [0.15, 0.2) is 28.9 Å². The van der Waals surface area contributed by atoms with E-state index in [9.17, 15) is 0 Å². The predicted molar refractivity (Wildman–Crippen MR) is 81.4 cm³/mol. The number of aryl methyl sites for hydroxylation is 1. The van der Waals surface area contributed by atoms with Crippen molar-refractivity contribution in [1.29, 1.82) is 0 Å². The smallest absolute Gasteiger partial charge is 0.144 e. The molecule has 0 aliphatic carbocycles. The van der Waals surface area contributed by atoms with Crippen molar-refractivity contribution in [2.75, 3.05) is 5.32 Å². The van der Waals surface area contributed by atoms with Gasteiger partial charge in [-0.15, -0.1) is 0 Å². The molecule has 0 amide bonds. The number of rotatable bonds is 2. The van der Waals surface area contributed by atoms with Crippen molar-refractivity contribution in [3.8, 4) is 0 Å². The van der Waals surface area contributed by atoms with E-state index in [-0.39, 0.29) is 0 Å². The van der Waals surface area contributed by atoms with Crippen LogP contribution in [0.1, 0.15) is 5.56 Å². The maximum absolute atomic E-state index is 6.14. The topological polar surface area (TPSA) is 24.9 Å². The Morgan fingerprint density at radius 3 is 2.50 bits per heavy atom. The van der Waals surface area contributed by atoms with E-state index in [0.717, 1.165) is 10.0 Å². The molecule has 0 saturated heterocycles. The lowest BCUT2D eigenvalue weighted by Gasteiger charge is -2.11. The molecule has 2 aromatic rings. The van der Waals surface area contributed by atoms with Gasteiger partial charge in [-0.2, -0.15) is 0 Å². The van der Waals surface area contributed by atoms with Crippen LogP contribution in [-0.4, -0.2) is 4.98 Å². The maximum atomic E-state index is 6.14. The van der Waals surface area contributed by atoms with Crippen LogP contribution in [0.25, 0.3) is 0 Å². The van der Waals surface area contributed by atoms with Gasteiger partial charge in [-0.05, 0) is 46.6 Å². The largest absolute Gasteiger partial charge is 0.338 e. The van der Waals surface area contributed by atoms with Crippen molar-refractivity contribution >= 4 is 62.2 Å². The van der Waals surface area contributed by atoms with Gasteiger partial charge in [-0.25, -0.2) is 4.98 Å². The fourth-order valence-electron chi connectivity index (χ4n) is 1.38. The Morgan fingerprint density at radius 1 is 1.11 bits per heavy atom. The molecule has 1 aromatic carbocycles. The molecule has 1 aromatic heterocycles. The number of nitrogens with zero attached hydrogens (tertiary/aromatic N) is 1. The summed E-state index contributed by atoms with van der Waals surface area (Å²) in [5.41, 5.74) is 1.62. The number of anilines is 2. The standard InChI is InChI=1S/C12H8BrCl3N2/c1-6-2-10(16)11(4-9(6)15)18-12-8(13)3-7(14)5-17-12/h2-5H,1H3,(H,17,18). The summed E-state index contributed by atoms with van der Waals surface area (Å²) in [6.07, 6.45) is 1.55. The first-order chi connectivity index (χ1) is 8.47. The molecule has 0 radical (unpaired) electrons. The molecule has 18 heavy (non-hydrogen) atoms. The highest BCUT2D eigenvalue weighted by molar-refractivity contribution is 9.10. The molecule has 0 atom stereocenters. The molecular formula is C12H8BrCl3N2. The van der Waals surface area contributed by atoms with Crippen LogP contribution < -0.4 is 5.32 Å². The molecule has 0 aliphatic heterocycles. The summed E-state index contributed by atoms with van der Waals surface area (Å²) in [6.45, 7) is 1.90. The first-order valence-corrected chi connectivity index (χ1v) is 6.94. The van der Waals surface area contributed by atoms with Gasteiger partial charge in [0.2, 0.25) is 0 Å². The Balaban J connectivity index is 2.37. The minimum atomic E-state index is 0.556. The zero-order chi connectivity index (χ0) is 13.3. The SMILES string of the molecule is Cc1cc(Cl)c(Nc2ncc(Cl)cc2Br)cc1Cl. The molecule has 0 fully saturated rings. The normalized spacial score (nSPS) is 10.5. The third kappa shape index (κ3) is 3.09. The summed E-state index contributed by atoms with van der Waals surface area (Å²) in [5, 5.41) is 4.89. The van der Waals surface area contributed by atoms with Crippen LogP contribution in [-0.2, 0) is 0 Å². The average molecular weight is 366 g/mol. The van der Waals surface area contributed by atoms with Gasteiger partial charge in [0.25, 0.3) is 0 Å². The van der Waals surface area contributed by atoms with Gasteiger partial charge in [0.15, 0.2) is 0 Å². The fraction of sp³-hybridized carbons (Fsp3) is 0.0833. The highest BCUT2D eigenvalue weighted by Crippen LogP contribution is 2.33. The van der Waals surface area contributed by atoms with Crippen molar-refractivity contribution in [2.45, 2.75) is 6.92 Å². The molecule has 6 heteroatoms. The number of halogens is 4. The summed E-state index contributed by atoms with van der Waals surface area (Å²) in [7, 11) is 0. The van der Waals surface area contributed by atoms with Gasteiger partial charge in [0.05, 0.1) is 20.2 Å². The molecular weight excluding hydrogens is 358 g/mol. The Kier molecular flexibility index (Phi) is 4.38. The summed E-state index contributed by atoms with van der Waals surface area (Å²) in [6, 6.07) is 5.32. The first-order valence-electron chi connectivity index (χ1n) is 5.01. The number of pyridine rings is 1. The lowest BCUT2D eigenvalue weighted by molar-refractivity contribution is 1.29. The second kappa shape index (κ2) is 5.66. The van der Waals surface area contributed by atoms with E-state index < -0.39 is 0 Å². The monoisotopic (exact) mass is 364 g/mol. The highest BCUT2D eigenvalue weighted by Gasteiger charge is 2.08. The Hall–Kier alpha value is -0.480. The van der Waals surface area contributed by atoms with E-state index in [1.807, 2.05) is 6.92 Å². The molecule has 1 N–H and O–H groups in total. The third-order valence-electron chi connectivity index (χ3n) is 2.31. The lowest BCUT2D eigenvalue weighted by Crippen LogP contribution is -1.96. The number of hydrogen-bond acceptors (Lipinski definition) is 2. The summed E-state index contributed by atoms with van der Waals surface area (Å²) < 4.78 is 0.753. The fourth-order valence-corrected chi connectivity index (χ4v) is 2.54. The van der Waals surface area contributed by atoms with Crippen LogP contribution >= 0.6 is 50.7 Å². The van der Waals surface area contributed by atoms with Crippen molar-refractivity contribution in [3.05, 3.63) is 49.5 Å². The lowest BCUT2D eigenvalue weighted by atomic mass is 10.2. The van der Waals surface area contributed by atoms with E-state index in [1.54, 1.807) is 24.4 Å². The predicted octanol–water partition coefficient (Wildman–Crippen LogP) is 5.86. The number of nitrogens with one attached hydrogen (secondary N) is 1. The van der Waals surface area contributed by atoms with Crippen LogP contribution in [0.5, 0.6) is 0 Å². The molecule has 2 nitrogen and oxygen atoms in total. The van der Waals surface area contributed by atoms with E-state index in [1.165, 1.54) is 0 Å². The van der Waals surface area contributed by atoms with Crippen LogP contribution in [0.3, 0.4) is 0 Å². The van der Waals surface area contributed by atoms with E-state index >= 15 is 0 Å². The van der Waals surface area contributed by atoms with Gasteiger partial charge in [-0.3, -0.25) is 0 Å². The molecule has 94 valence electrons. The van der Waals surface area contributed by atoms with Crippen molar-refractivity contribution in [2.24, 2.45) is 0 Å². The molecule has 0 saturated carbocycles. The van der Waals surface area contributed by atoms with Gasteiger partial charge >= 0.3 is 0 Å². The quantitative estimate of drug-likeness (QED) is 0.720. The highest BCUT2D eigenvalue weighted by atomic mass is 79.9. The van der Waals surface area contributed by atoms with E-state index in [4.69, 9.17) is 34.8 Å². The number of hydrogen-bond donors (Lipinski definition) is 1. The van der Waals surface area contributed by atoms with E-state index in [0.29, 0.717) is 26.6 Å². The maximum Gasteiger partial charge on any atom is 0.144 e. The van der Waals surface area contributed by atoms with Gasteiger partial charge in [0, 0.05) is 11.2 Å². The second-order valence-electron chi connectivity index (χ2n) is 3.69. The Morgan fingerprint density at radius 2 is 1.83 bits per heavy atom. The van der Waals surface area contributed by atoms with E-state index in [2.05, 4.69) is 26.2 Å². The molecule has 0 bridgehead atoms. The van der Waals surface area contributed by atoms with Gasteiger partial charge in [0.1, 0.15) is 5.82 Å². The van der Waals surface area contributed by atoms with Crippen LogP contribution in [0.4, 0.5) is 11.5 Å². The van der Waals surface area contributed by atoms with Crippen molar-refractivity contribution in [3.63, 3.8) is 0 Å². The average Bonchev–Trinajstić information content (AvgIpc) is 2.29. The third-order valence-corrected chi connectivity index (χ3v) is 3.84. The zero-order valence-corrected chi connectivity index (χ0v) is 13.1. The molecule has 1 heterocycles. The van der Waals surface area contributed by atoms with Crippen molar-refractivity contribution in [1.82, 2.24) is 4.98 Å². The minimum absolute atomic E-state index is 0.556. The van der Waals surface area contributed by atoms with Gasteiger partial charge < -0.3 is 5.32 Å². The molecule has 0 spiro atoms. The first kappa shape index (κ1) is 13.9. The van der Waals surface area contributed by atoms with Gasteiger partial charge in [-0.1, -0.05) is 34.8 Å². The molecule has 2 rings (SSSR count). The van der Waals surface area contributed by atoms with Crippen molar-refractivity contribution < 1.29 is 0 Å². The summed E-state index contributed by atoms with van der Waals surface area (Å²) in [4.78, 5) is 4.17. The molecule has 0 unspecified atom stereocenters.